The van der Waals surface area contributed by atoms with Gasteiger partial charge < -0.3 is 10.1 Å². The molecule has 70 valence electrons. The molecule has 0 saturated carbocycles. The minimum absolute atomic E-state index is 0. The highest BCUT2D eigenvalue weighted by Crippen LogP contribution is 2.00. The van der Waals surface area contributed by atoms with Crippen molar-refractivity contribution in [1.82, 2.24) is 5.32 Å². The molecular weight excluding hydrogens is 180 g/mol. The average Bonchev–Trinajstić information content (AvgIpc) is 2.52. The second-order valence-electron chi connectivity index (χ2n) is 2.36. The Bertz CT molecular complexity index is 182. The van der Waals surface area contributed by atoms with Gasteiger partial charge in [-0.25, -0.2) is 0 Å². The zero-order chi connectivity index (χ0) is 8.10. The molecule has 1 heterocycles. The standard InChI is InChI=1S/C7H12N2O2.ClH/c1-11-7(10)5-9-6-3-2-4-8-6;/h2-5H2,1H3,(H,8,9);1H. The Kier molecular flexibility index (Phi) is 5.45. The number of nitrogens with one attached hydrogen (secondary N) is 1. The van der Waals surface area contributed by atoms with Crippen LogP contribution in [0.1, 0.15) is 12.8 Å². The molecule has 0 aromatic carbocycles. The van der Waals surface area contributed by atoms with Crippen LogP contribution >= 0.6 is 12.4 Å². The van der Waals surface area contributed by atoms with E-state index >= 15 is 0 Å². The number of esters is 1. The van der Waals surface area contributed by atoms with Gasteiger partial charge in [0.2, 0.25) is 0 Å². The van der Waals surface area contributed by atoms with Gasteiger partial charge in [-0.05, 0) is 6.42 Å². The van der Waals surface area contributed by atoms with Crippen molar-refractivity contribution >= 4 is 24.2 Å². The maximum atomic E-state index is 10.6. The summed E-state index contributed by atoms with van der Waals surface area (Å²) in [6.45, 7) is 1.11. The Morgan fingerprint density at radius 1 is 1.75 bits per heavy atom. The summed E-state index contributed by atoms with van der Waals surface area (Å²) in [5.74, 6) is 0.676. The van der Waals surface area contributed by atoms with Crippen LogP contribution in [0.2, 0.25) is 0 Å². The number of halogens is 1. The van der Waals surface area contributed by atoms with E-state index < -0.39 is 0 Å². The molecule has 5 heteroatoms. The van der Waals surface area contributed by atoms with Crippen LogP contribution < -0.4 is 5.32 Å². The first-order valence-corrected chi connectivity index (χ1v) is 3.67. The Morgan fingerprint density at radius 3 is 3.00 bits per heavy atom. The molecule has 12 heavy (non-hydrogen) atoms. The van der Waals surface area contributed by atoms with Gasteiger partial charge in [0.15, 0.2) is 0 Å². The van der Waals surface area contributed by atoms with Gasteiger partial charge in [0.25, 0.3) is 0 Å². The third-order valence-corrected chi connectivity index (χ3v) is 1.54. The van der Waals surface area contributed by atoms with Crippen LogP contribution in [-0.2, 0) is 9.53 Å². The second-order valence-corrected chi connectivity index (χ2v) is 2.36. The molecule has 0 aromatic rings. The van der Waals surface area contributed by atoms with Crippen LogP contribution in [0.5, 0.6) is 0 Å². The van der Waals surface area contributed by atoms with Crippen LogP contribution in [0, 0.1) is 0 Å². The summed E-state index contributed by atoms with van der Waals surface area (Å²) in [4.78, 5) is 14.8. The first kappa shape index (κ1) is 11.2. The number of carbonyl (C=O) groups is 1. The van der Waals surface area contributed by atoms with E-state index in [2.05, 4.69) is 15.0 Å². The summed E-state index contributed by atoms with van der Waals surface area (Å²) < 4.78 is 4.45. The molecule has 0 aliphatic carbocycles. The van der Waals surface area contributed by atoms with E-state index in [0.29, 0.717) is 0 Å². The minimum atomic E-state index is -0.250. The van der Waals surface area contributed by atoms with E-state index in [4.69, 9.17) is 0 Å². The molecule has 0 atom stereocenters. The second kappa shape index (κ2) is 5.83. The molecule has 0 radical (unpaired) electrons. The molecule has 1 aliphatic rings. The summed E-state index contributed by atoms with van der Waals surface area (Å²) in [6, 6.07) is 0. The topological polar surface area (TPSA) is 50.7 Å². The van der Waals surface area contributed by atoms with Gasteiger partial charge in [-0.3, -0.25) is 9.79 Å². The van der Waals surface area contributed by atoms with Crippen molar-refractivity contribution in [2.24, 2.45) is 4.99 Å². The molecule has 0 spiro atoms. The van der Waals surface area contributed by atoms with E-state index in [0.717, 1.165) is 25.2 Å². The number of hydrogen-bond acceptors (Lipinski definition) is 4. The molecule has 0 aromatic heterocycles. The molecule has 0 fully saturated rings. The van der Waals surface area contributed by atoms with Gasteiger partial charge in [-0.15, -0.1) is 12.4 Å². The van der Waals surface area contributed by atoms with Gasteiger partial charge in [-0.2, -0.15) is 0 Å². The molecule has 0 bridgehead atoms. The third kappa shape index (κ3) is 3.57. The van der Waals surface area contributed by atoms with Crippen molar-refractivity contribution in [3.8, 4) is 0 Å². The Morgan fingerprint density at radius 2 is 2.50 bits per heavy atom. The van der Waals surface area contributed by atoms with E-state index in [1.807, 2.05) is 0 Å². The number of hydrogen-bond donors (Lipinski definition) is 1. The fourth-order valence-electron chi connectivity index (χ4n) is 0.930. The Labute approximate surface area is 77.8 Å². The van der Waals surface area contributed by atoms with Crippen molar-refractivity contribution in [2.45, 2.75) is 12.8 Å². The zero-order valence-electron chi connectivity index (χ0n) is 7.00. The normalized spacial score (nSPS) is 14.6. The maximum absolute atomic E-state index is 10.6. The number of ether oxygens (including phenoxy) is 1. The highest BCUT2D eigenvalue weighted by Gasteiger charge is 2.06. The van der Waals surface area contributed by atoms with E-state index in [-0.39, 0.29) is 24.9 Å². The van der Waals surface area contributed by atoms with Gasteiger partial charge in [0, 0.05) is 13.0 Å². The molecule has 0 unspecified atom stereocenters. The molecule has 1 N–H and O–H groups in total. The number of carbonyl (C=O) groups excluding carboxylic acids is 1. The first-order chi connectivity index (χ1) is 5.33. The summed E-state index contributed by atoms with van der Waals surface area (Å²) in [5, 5.41) is 2.91. The molecule has 1 rings (SSSR count). The average molecular weight is 193 g/mol. The molecule has 1 aliphatic heterocycles. The number of aliphatic imine (C=N–C) groups is 1. The van der Waals surface area contributed by atoms with Crippen molar-refractivity contribution in [3.63, 3.8) is 0 Å². The van der Waals surface area contributed by atoms with Crippen molar-refractivity contribution in [2.75, 3.05) is 20.2 Å². The van der Waals surface area contributed by atoms with Crippen LogP contribution in [0.15, 0.2) is 4.99 Å². The van der Waals surface area contributed by atoms with Gasteiger partial charge in [0.05, 0.1) is 12.9 Å². The monoisotopic (exact) mass is 192 g/mol. The summed E-state index contributed by atoms with van der Waals surface area (Å²) >= 11 is 0. The number of methoxy groups -OCH3 is 1. The molecular formula is C7H13ClN2O2. The lowest BCUT2D eigenvalue weighted by Crippen LogP contribution is -2.28. The minimum Gasteiger partial charge on any atom is -0.468 e. The lowest BCUT2D eigenvalue weighted by Gasteiger charge is -2.02. The van der Waals surface area contributed by atoms with Gasteiger partial charge >= 0.3 is 5.97 Å². The fraction of sp³-hybridized carbons (Fsp3) is 0.714. The predicted molar refractivity (Wildman–Crippen MR) is 48.8 cm³/mol. The lowest BCUT2D eigenvalue weighted by atomic mass is 10.3. The Hall–Kier alpha value is -0.770. The van der Waals surface area contributed by atoms with E-state index in [1.165, 1.54) is 7.11 Å². The maximum Gasteiger partial charge on any atom is 0.325 e. The smallest absolute Gasteiger partial charge is 0.325 e. The van der Waals surface area contributed by atoms with Crippen molar-refractivity contribution in [1.29, 1.82) is 0 Å². The fourth-order valence-corrected chi connectivity index (χ4v) is 0.930. The SMILES string of the molecule is COC(=O)CNC1=NCCC1.Cl. The Balaban J connectivity index is 0.00000121. The zero-order valence-corrected chi connectivity index (χ0v) is 7.82. The quantitative estimate of drug-likeness (QED) is 0.643. The summed E-state index contributed by atoms with van der Waals surface area (Å²) in [6.07, 6.45) is 2.04. The first-order valence-electron chi connectivity index (χ1n) is 3.67. The third-order valence-electron chi connectivity index (χ3n) is 1.54. The van der Waals surface area contributed by atoms with Crippen molar-refractivity contribution < 1.29 is 9.53 Å². The highest BCUT2D eigenvalue weighted by molar-refractivity contribution is 5.86. The van der Waals surface area contributed by atoms with Crippen LogP contribution in [0.3, 0.4) is 0 Å². The number of rotatable bonds is 2. The van der Waals surface area contributed by atoms with Gasteiger partial charge in [-0.1, -0.05) is 0 Å². The summed E-state index contributed by atoms with van der Waals surface area (Å²) in [7, 11) is 1.38. The predicted octanol–water partition coefficient (Wildman–Crippen LogP) is 0.363. The molecule has 4 nitrogen and oxygen atoms in total. The number of nitrogens with zero attached hydrogens (tertiary/aromatic N) is 1. The van der Waals surface area contributed by atoms with Crippen molar-refractivity contribution in [3.05, 3.63) is 0 Å². The van der Waals surface area contributed by atoms with Crippen LogP contribution in [-0.4, -0.2) is 32.0 Å². The molecule has 0 saturated heterocycles. The van der Waals surface area contributed by atoms with Crippen LogP contribution in [0.25, 0.3) is 0 Å². The van der Waals surface area contributed by atoms with Gasteiger partial charge in [0.1, 0.15) is 6.54 Å². The van der Waals surface area contributed by atoms with Crippen LogP contribution in [0.4, 0.5) is 0 Å². The van der Waals surface area contributed by atoms with E-state index in [9.17, 15) is 4.79 Å². The summed E-state index contributed by atoms with van der Waals surface area (Å²) in [5.41, 5.74) is 0. The highest BCUT2D eigenvalue weighted by atomic mass is 35.5. The lowest BCUT2D eigenvalue weighted by molar-refractivity contribution is -0.139. The number of amidine groups is 1. The molecule has 0 amide bonds. The largest absolute Gasteiger partial charge is 0.468 e. The van der Waals surface area contributed by atoms with E-state index in [1.54, 1.807) is 0 Å².